The second-order valence-electron chi connectivity index (χ2n) is 4.71. The van der Waals surface area contributed by atoms with E-state index in [2.05, 4.69) is 0 Å². The predicted molar refractivity (Wildman–Crippen MR) is 61.8 cm³/mol. The van der Waals surface area contributed by atoms with Crippen molar-refractivity contribution >= 4 is 5.78 Å². The summed E-state index contributed by atoms with van der Waals surface area (Å²) in [5, 5.41) is 0. The number of methoxy groups -OCH3 is 1. The van der Waals surface area contributed by atoms with E-state index in [4.69, 9.17) is 4.74 Å². The molecular formula is C13H24O2. The van der Waals surface area contributed by atoms with E-state index in [0.717, 1.165) is 0 Å². The molecule has 1 rings (SSSR count). The molecule has 88 valence electrons. The van der Waals surface area contributed by atoms with Gasteiger partial charge in [0.25, 0.3) is 0 Å². The van der Waals surface area contributed by atoms with Crippen molar-refractivity contribution in [1.29, 1.82) is 0 Å². The zero-order valence-corrected chi connectivity index (χ0v) is 10.3. The van der Waals surface area contributed by atoms with Gasteiger partial charge in [0.2, 0.25) is 0 Å². The standard InChI is InChI=1S/C13H24O2/c1-4-12(14)10(2)13(15-3)11-8-6-5-7-9-11/h10-11,13H,4-9H2,1-3H3/t10-,13+/m0/s1. The Morgan fingerprint density at radius 3 is 2.40 bits per heavy atom. The maximum absolute atomic E-state index is 11.7. The molecule has 0 radical (unpaired) electrons. The van der Waals surface area contributed by atoms with Crippen LogP contribution in [0.25, 0.3) is 0 Å². The molecule has 0 N–H and O–H groups in total. The van der Waals surface area contributed by atoms with Gasteiger partial charge in [-0.3, -0.25) is 4.79 Å². The van der Waals surface area contributed by atoms with Gasteiger partial charge in [-0.05, 0) is 18.8 Å². The van der Waals surface area contributed by atoms with Gasteiger partial charge in [-0.15, -0.1) is 0 Å². The third-order valence-electron chi connectivity index (χ3n) is 3.74. The highest BCUT2D eigenvalue weighted by atomic mass is 16.5. The molecule has 2 heteroatoms. The fourth-order valence-electron chi connectivity index (χ4n) is 2.77. The van der Waals surface area contributed by atoms with E-state index in [9.17, 15) is 4.79 Å². The first-order chi connectivity index (χ1) is 7.20. The van der Waals surface area contributed by atoms with Crippen molar-refractivity contribution in [3.05, 3.63) is 0 Å². The molecule has 0 heterocycles. The van der Waals surface area contributed by atoms with E-state index in [1.54, 1.807) is 7.11 Å². The number of carbonyl (C=O) groups excluding carboxylic acids is 1. The van der Waals surface area contributed by atoms with Crippen molar-refractivity contribution in [2.45, 2.75) is 58.5 Å². The average Bonchev–Trinajstić information content (AvgIpc) is 2.30. The molecule has 1 aliphatic rings. The Hall–Kier alpha value is -0.370. The maximum Gasteiger partial charge on any atom is 0.138 e. The number of rotatable bonds is 5. The Kier molecular flexibility index (Phi) is 5.30. The minimum atomic E-state index is 0.0723. The molecule has 1 saturated carbocycles. The molecule has 0 saturated heterocycles. The summed E-state index contributed by atoms with van der Waals surface area (Å²) < 4.78 is 5.55. The van der Waals surface area contributed by atoms with Gasteiger partial charge in [0, 0.05) is 19.4 Å². The van der Waals surface area contributed by atoms with Gasteiger partial charge in [0.15, 0.2) is 0 Å². The van der Waals surface area contributed by atoms with Gasteiger partial charge in [-0.25, -0.2) is 0 Å². The van der Waals surface area contributed by atoms with Gasteiger partial charge < -0.3 is 4.74 Å². The van der Waals surface area contributed by atoms with Crippen LogP contribution in [0.4, 0.5) is 0 Å². The fraction of sp³-hybridized carbons (Fsp3) is 0.923. The van der Waals surface area contributed by atoms with Gasteiger partial charge in [-0.2, -0.15) is 0 Å². The number of ether oxygens (including phenoxy) is 1. The molecule has 0 bridgehead atoms. The first-order valence-corrected chi connectivity index (χ1v) is 6.26. The lowest BCUT2D eigenvalue weighted by atomic mass is 9.79. The van der Waals surface area contributed by atoms with E-state index in [0.29, 0.717) is 18.1 Å². The van der Waals surface area contributed by atoms with Crippen LogP contribution < -0.4 is 0 Å². The Balaban J connectivity index is 2.56. The lowest BCUT2D eigenvalue weighted by Crippen LogP contribution is -2.35. The van der Waals surface area contributed by atoms with Crippen LogP contribution in [-0.4, -0.2) is 19.0 Å². The molecule has 15 heavy (non-hydrogen) atoms. The lowest BCUT2D eigenvalue weighted by Gasteiger charge is -2.32. The Bertz CT molecular complexity index is 195. The smallest absolute Gasteiger partial charge is 0.138 e. The molecule has 1 fully saturated rings. The molecule has 0 aromatic rings. The molecular weight excluding hydrogens is 188 g/mol. The molecule has 0 aromatic carbocycles. The van der Waals surface area contributed by atoms with Crippen molar-refractivity contribution in [3.8, 4) is 0 Å². The molecule has 2 nitrogen and oxygen atoms in total. The average molecular weight is 212 g/mol. The van der Waals surface area contributed by atoms with Gasteiger partial charge >= 0.3 is 0 Å². The Morgan fingerprint density at radius 1 is 1.33 bits per heavy atom. The third kappa shape index (κ3) is 3.30. The van der Waals surface area contributed by atoms with E-state index >= 15 is 0 Å². The number of Topliss-reactive ketones (excluding diaryl/α,β-unsaturated/α-hetero) is 1. The zero-order chi connectivity index (χ0) is 11.3. The summed E-state index contributed by atoms with van der Waals surface area (Å²) in [6.45, 7) is 3.96. The summed E-state index contributed by atoms with van der Waals surface area (Å²) in [5.41, 5.74) is 0. The summed E-state index contributed by atoms with van der Waals surface area (Å²) in [7, 11) is 1.75. The lowest BCUT2D eigenvalue weighted by molar-refractivity contribution is -0.128. The summed E-state index contributed by atoms with van der Waals surface area (Å²) in [4.78, 5) is 11.7. The number of ketones is 1. The largest absolute Gasteiger partial charge is 0.380 e. The monoisotopic (exact) mass is 212 g/mol. The molecule has 0 amide bonds. The summed E-state index contributed by atoms with van der Waals surface area (Å²) >= 11 is 0. The summed E-state index contributed by atoms with van der Waals surface area (Å²) in [6.07, 6.45) is 7.21. The minimum Gasteiger partial charge on any atom is -0.380 e. The topological polar surface area (TPSA) is 26.3 Å². The molecule has 2 atom stereocenters. The highest BCUT2D eigenvalue weighted by Crippen LogP contribution is 2.31. The van der Waals surface area contributed by atoms with Crippen molar-refractivity contribution in [2.75, 3.05) is 7.11 Å². The van der Waals surface area contributed by atoms with Crippen molar-refractivity contribution < 1.29 is 9.53 Å². The Labute approximate surface area is 93.4 Å². The van der Waals surface area contributed by atoms with Crippen molar-refractivity contribution in [1.82, 2.24) is 0 Å². The summed E-state index contributed by atoms with van der Waals surface area (Å²) in [5.74, 6) is 1.02. The van der Waals surface area contributed by atoms with Crippen LogP contribution >= 0.6 is 0 Å². The van der Waals surface area contributed by atoms with Crippen LogP contribution in [0, 0.1) is 11.8 Å². The highest BCUT2D eigenvalue weighted by Gasteiger charge is 2.30. The van der Waals surface area contributed by atoms with Crippen LogP contribution in [0.5, 0.6) is 0 Å². The van der Waals surface area contributed by atoms with Crippen LogP contribution in [0.2, 0.25) is 0 Å². The summed E-state index contributed by atoms with van der Waals surface area (Å²) in [6, 6.07) is 0. The van der Waals surface area contributed by atoms with Crippen LogP contribution in [-0.2, 0) is 9.53 Å². The number of hydrogen-bond acceptors (Lipinski definition) is 2. The van der Waals surface area contributed by atoms with Gasteiger partial charge in [0.1, 0.15) is 5.78 Å². The molecule has 0 aromatic heterocycles. The normalized spacial score (nSPS) is 22.3. The van der Waals surface area contributed by atoms with E-state index in [-0.39, 0.29) is 12.0 Å². The minimum absolute atomic E-state index is 0.0723. The molecule has 1 aliphatic carbocycles. The maximum atomic E-state index is 11.7. The van der Waals surface area contributed by atoms with Gasteiger partial charge in [0.05, 0.1) is 6.10 Å². The van der Waals surface area contributed by atoms with E-state index in [1.165, 1.54) is 32.1 Å². The van der Waals surface area contributed by atoms with Crippen molar-refractivity contribution in [3.63, 3.8) is 0 Å². The first-order valence-electron chi connectivity index (χ1n) is 6.26. The number of carbonyl (C=O) groups is 1. The molecule has 0 spiro atoms. The van der Waals surface area contributed by atoms with Crippen LogP contribution in [0.3, 0.4) is 0 Å². The molecule has 0 aliphatic heterocycles. The second-order valence-corrected chi connectivity index (χ2v) is 4.71. The SMILES string of the molecule is CCC(=O)[C@H](C)[C@@H](OC)C1CCCCC1. The van der Waals surface area contributed by atoms with Crippen LogP contribution in [0.1, 0.15) is 52.4 Å². The second kappa shape index (κ2) is 6.26. The quantitative estimate of drug-likeness (QED) is 0.699. The zero-order valence-electron chi connectivity index (χ0n) is 10.3. The number of hydrogen-bond donors (Lipinski definition) is 0. The van der Waals surface area contributed by atoms with Gasteiger partial charge in [-0.1, -0.05) is 33.1 Å². The van der Waals surface area contributed by atoms with E-state index in [1.807, 2.05) is 13.8 Å². The first kappa shape index (κ1) is 12.7. The Morgan fingerprint density at radius 2 is 1.93 bits per heavy atom. The van der Waals surface area contributed by atoms with Crippen molar-refractivity contribution in [2.24, 2.45) is 11.8 Å². The fourth-order valence-corrected chi connectivity index (χ4v) is 2.77. The third-order valence-corrected chi connectivity index (χ3v) is 3.74. The predicted octanol–water partition coefficient (Wildman–Crippen LogP) is 3.20. The van der Waals surface area contributed by atoms with E-state index < -0.39 is 0 Å². The highest BCUT2D eigenvalue weighted by molar-refractivity contribution is 5.80. The molecule has 0 unspecified atom stereocenters. The van der Waals surface area contributed by atoms with Crippen LogP contribution in [0.15, 0.2) is 0 Å².